The van der Waals surface area contributed by atoms with Gasteiger partial charge < -0.3 is 10.1 Å². The highest BCUT2D eigenvalue weighted by atomic mass is 32.1. The first-order valence-electron chi connectivity index (χ1n) is 7.07. The summed E-state index contributed by atoms with van der Waals surface area (Å²) in [5.41, 5.74) is 1.31. The lowest BCUT2D eigenvalue weighted by Crippen LogP contribution is -2.27. The van der Waals surface area contributed by atoms with Gasteiger partial charge in [0.15, 0.2) is 5.78 Å². The highest BCUT2D eigenvalue weighted by Gasteiger charge is 2.11. The Bertz CT molecular complexity index is 650. The number of hydrogen-bond donors (Lipinski definition) is 1. The Morgan fingerprint density at radius 2 is 2.09 bits per heavy atom. The van der Waals surface area contributed by atoms with E-state index in [-0.39, 0.29) is 18.1 Å². The molecule has 0 saturated heterocycles. The van der Waals surface area contributed by atoms with Gasteiger partial charge in [-0.3, -0.25) is 9.59 Å². The molecule has 1 heterocycles. The maximum absolute atomic E-state index is 12.0. The molecule has 116 valence electrons. The number of rotatable bonds is 7. The number of thiophene rings is 1. The fourth-order valence-corrected chi connectivity index (χ4v) is 2.86. The van der Waals surface area contributed by atoms with Gasteiger partial charge >= 0.3 is 0 Å². The molecule has 2 aromatic rings. The van der Waals surface area contributed by atoms with Gasteiger partial charge in [-0.25, -0.2) is 0 Å². The Morgan fingerprint density at radius 1 is 1.27 bits per heavy atom. The zero-order chi connectivity index (χ0) is 15.9. The molecule has 0 aliphatic heterocycles. The van der Waals surface area contributed by atoms with Gasteiger partial charge in [0.05, 0.1) is 13.5 Å². The largest absolute Gasteiger partial charge is 0.496 e. The van der Waals surface area contributed by atoms with Crippen LogP contribution in [-0.2, 0) is 17.6 Å². The molecule has 2 rings (SSSR count). The van der Waals surface area contributed by atoms with Crippen molar-refractivity contribution in [3.05, 3.63) is 51.7 Å². The molecule has 0 unspecified atom stereocenters. The van der Waals surface area contributed by atoms with E-state index in [0.717, 1.165) is 12.0 Å². The summed E-state index contributed by atoms with van der Waals surface area (Å²) in [6.45, 7) is 2.11. The zero-order valence-corrected chi connectivity index (χ0v) is 13.5. The molecular formula is C17H19NO3S. The molecule has 1 amide bonds. The van der Waals surface area contributed by atoms with Crippen molar-refractivity contribution in [2.45, 2.75) is 19.8 Å². The number of hydrogen-bond acceptors (Lipinski definition) is 4. The van der Waals surface area contributed by atoms with E-state index in [4.69, 9.17) is 4.74 Å². The normalized spacial score (nSPS) is 10.3. The van der Waals surface area contributed by atoms with Gasteiger partial charge in [-0.05, 0) is 43.0 Å². The van der Waals surface area contributed by atoms with Crippen LogP contribution in [0.5, 0.6) is 5.75 Å². The maximum atomic E-state index is 12.0. The first-order valence-corrected chi connectivity index (χ1v) is 7.95. The summed E-state index contributed by atoms with van der Waals surface area (Å²) in [5, 5.41) is 4.92. The van der Waals surface area contributed by atoms with E-state index >= 15 is 0 Å². The molecular weight excluding hydrogens is 298 g/mol. The second-order valence-corrected chi connectivity index (χ2v) is 5.97. The second kappa shape index (κ2) is 7.75. The topological polar surface area (TPSA) is 55.4 Å². The minimum atomic E-state index is -0.0736. The van der Waals surface area contributed by atoms with Crippen molar-refractivity contribution < 1.29 is 14.3 Å². The molecule has 22 heavy (non-hydrogen) atoms. The third-order valence-electron chi connectivity index (χ3n) is 3.31. The molecule has 1 aromatic heterocycles. The summed E-state index contributed by atoms with van der Waals surface area (Å²) in [6.07, 6.45) is 1.03. The second-order valence-electron chi connectivity index (χ2n) is 4.94. The third-order valence-corrected chi connectivity index (χ3v) is 4.25. The molecule has 4 nitrogen and oxygen atoms in total. The van der Waals surface area contributed by atoms with Crippen LogP contribution >= 0.6 is 11.3 Å². The molecule has 0 aliphatic carbocycles. The van der Waals surface area contributed by atoms with E-state index in [2.05, 4.69) is 11.4 Å². The van der Waals surface area contributed by atoms with Crippen molar-refractivity contribution in [3.8, 4) is 5.75 Å². The highest BCUT2D eigenvalue weighted by molar-refractivity contribution is 7.09. The zero-order valence-electron chi connectivity index (χ0n) is 12.7. The standard InChI is InChI=1S/C17H19NO3S/c1-12(19)13-5-6-16(21-2)14(10-13)11-17(20)18-8-7-15-4-3-9-22-15/h3-6,9-10H,7-8,11H2,1-2H3,(H,18,20). The van der Waals surface area contributed by atoms with Crippen molar-refractivity contribution in [2.24, 2.45) is 0 Å². The van der Waals surface area contributed by atoms with E-state index in [1.807, 2.05) is 11.4 Å². The molecule has 1 aromatic carbocycles. The van der Waals surface area contributed by atoms with Gasteiger partial charge in [0, 0.05) is 22.5 Å². The number of benzene rings is 1. The highest BCUT2D eigenvalue weighted by Crippen LogP contribution is 2.20. The van der Waals surface area contributed by atoms with Crippen LogP contribution in [0, 0.1) is 0 Å². The molecule has 0 fully saturated rings. The van der Waals surface area contributed by atoms with Crippen molar-refractivity contribution in [1.29, 1.82) is 0 Å². The van der Waals surface area contributed by atoms with Crippen molar-refractivity contribution >= 4 is 23.0 Å². The monoisotopic (exact) mass is 317 g/mol. The third kappa shape index (κ3) is 4.43. The summed E-state index contributed by atoms with van der Waals surface area (Å²) >= 11 is 1.68. The van der Waals surface area contributed by atoms with Crippen LogP contribution in [-0.4, -0.2) is 25.3 Å². The number of carbonyl (C=O) groups excluding carboxylic acids is 2. The molecule has 0 aliphatic rings. The predicted molar refractivity (Wildman–Crippen MR) is 87.7 cm³/mol. The molecule has 5 heteroatoms. The quantitative estimate of drug-likeness (QED) is 0.799. The maximum Gasteiger partial charge on any atom is 0.224 e. The first kappa shape index (κ1) is 16.2. The number of methoxy groups -OCH3 is 1. The lowest BCUT2D eigenvalue weighted by molar-refractivity contribution is -0.120. The van der Waals surface area contributed by atoms with E-state index < -0.39 is 0 Å². The van der Waals surface area contributed by atoms with E-state index in [1.165, 1.54) is 11.8 Å². The van der Waals surface area contributed by atoms with Gasteiger partial charge in [0.25, 0.3) is 0 Å². The molecule has 0 atom stereocenters. The Hall–Kier alpha value is -2.14. The van der Waals surface area contributed by atoms with Crippen LogP contribution in [0.1, 0.15) is 27.7 Å². The Labute approximate surface area is 134 Å². The average Bonchev–Trinajstić information content (AvgIpc) is 3.00. The summed E-state index contributed by atoms with van der Waals surface area (Å²) in [4.78, 5) is 24.7. The number of ether oxygens (including phenoxy) is 1. The van der Waals surface area contributed by atoms with E-state index in [9.17, 15) is 9.59 Å². The van der Waals surface area contributed by atoms with Crippen LogP contribution < -0.4 is 10.1 Å². The van der Waals surface area contributed by atoms with Gasteiger partial charge in [0.1, 0.15) is 5.75 Å². The van der Waals surface area contributed by atoms with Gasteiger partial charge in [-0.15, -0.1) is 11.3 Å². The lowest BCUT2D eigenvalue weighted by Gasteiger charge is -2.10. The summed E-state index contributed by atoms with van der Waals surface area (Å²) in [6, 6.07) is 9.21. The summed E-state index contributed by atoms with van der Waals surface area (Å²) in [5.74, 6) is 0.524. The minimum Gasteiger partial charge on any atom is -0.496 e. The summed E-state index contributed by atoms with van der Waals surface area (Å²) < 4.78 is 5.25. The smallest absolute Gasteiger partial charge is 0.224 e. The van der Waals surface area contributed by atoms with Crippen molar-refractivity contribution in [1.82, 2.24) is 5.32 Å². The molecule has 0 radical (unpaired) electrons. The van der Waals surface area contributed by atoms with Gasteiger partial charge in [0.2, 0.25) is 5.91 Å². The number of carbonyl (C=O) groups is 2. The lowest BCUT2D eigenvalue weighted by atomic mass is 10.0. The Balaban J connectivity index is 1.95. The average molecular weight is 317 g/mol. The van der Waals surface area contributed by atoms with Crippen molar-refractivity contribution in [3.63, 3.8) is 0 Å². The Kier molecular flexibility index (Phi) is 5.72. The number of nitrogens with one attached hydrogen (secondary N) is 1. The predicted octanol–water partition coefficient (Wildman–Crippen LogP) is 2.86. The minimum absolute atomic E-state index is 0.0259. The Morgan fingerprint density at radius 3 is 2.73 bits per heavy atom. The van der Waals surface area contributed by atoms with Crippen molar-refractivity contribution in [2.75, 3.05) is 13.7 Å². The number of amides is 1. The van der Waals surface area contributed by atoms with Gasteiger partial charge in [-0.2, -0.15) is 0 Å². The number of ketones is 1. The molecule has 0 saturated carbocycles. The first-order chi connectivity index (χ1) is 10.6. The van der Waals surface area contributed by atoms with Crippen LogP contribution in [0.25, 0.3) is 0 Å². The van der Waals surface area contributed by atoms with E-state index in [0.29, 0.717) is 17.9 Å². The summed E-state index contributed by atoms with van der Waals surface area (Å²) in [7, 11) is 1.56. The molecule has 0 bridgehead atoms. The van der Waals surface area contributed by atoms with Crippen LogP contribution in [0.3, 0.4) is 0 Å². The van der Waals surface area contributed by atoms with Crippen LogP contribution in [0.15, 0.2) is 35.7 Å². The SMILES string of the molecule is COc1ccc(C(C)=O)cc1CC(=O)NCCc1cccs1. The van der Waals surface area contributed by atoms with E-state index in [1.54, 1.807) is 36.6 Å². The molecule has 0 spiro atoms. The van der Waals surface area contributed by atoms with Crippen LogP contribution in [0.2, 0.25) is 0 Å². The molecule has 1 N–H and O–H groups in total. The van der Waals surface area contributed by atoms with Gasteiger partial charge in [-0.1, -0.05) is 6.07 Å². The fourth-order valence-electron chi connectivity index (χ4n) is 2.15. The fraction of sp³-hybridized carbons (Fsp3) is 0.294. The van der Waals surface area contributed by atoms with Crippen LogP contribution in [0.4, 0.5) is 0 Å². The number of Topliss-reactive ketones (excluding diaryl/α,β-unsaturated/α-hetero) is 1.